The maximum absolute atomic E-state index is 11.8. The van der Waals surface area contributed by atoms with Gasteiger partial charge in [-0.1, -0.05) is 26.0 Å². The van der Waals surface area contributed by atoms with Crippen LogP contribution in [-0.4, -0.2) is 36.6 Å². The average molecular weight is 344 g/mol. The van der Waals surface area contributed by atoms with Crippen LogP contribution < -0.4 is 10.2 Å². The van der Waals surface area contributed by atoms with E-state index in [1.54, 1.807) is 11.0 Å². The van der Waals surface area contributed by atoms with E-state index >= 15 is 0 Å². The molecule has 0 atom stereocenters. The van der Waals surface area contributed by atoms with Gasteiger partial charge in [0.1, 0.15) is 0 Å². The fraction of sp³-hybridized carbons (Fsp3) is 0.500. The number of aliphatic hydroxyl groups is 1. The molecule has 1 heterocycles. The Balaban J connectivity index is 1.77. The average Bonchev–Trinajstić information content (AvgIpc) is 3.03. The monoisotopic (exact) mass is 344 g/mol. The van der Waals surface area contributed by atoms with Crippen molar-refractivity contribution >= 4 is 23.6 Å². The number of rotatable bonds is 8. The van der Waals surface area contributed by atoms with Gasteiger partial charge < -0.3 is 15.3 Å². The molecule has 2 N–H and O–H groups in total. The Morgan fingerprint density at radius 2 is 2.04 bits per heavy atom. The van der Waals surface area contributed by atoms with E-state index in [9.17, 15) is 14.7 Å². The van der Waals surface area contributed by atoms with Crippen LogP contribution in [0.2, 0.25) is 0 Å². The molecule has 0 aromatic heterocycles. The third-order valence-corrected chi connectivity index (χ3v) is 4.46. The molecule has 2 rings (SSSR count). The molecule has 136 valence electrons. The predicted molar refractivity (Wildman–Crippen MR) is 100 cm³/mol. The van der Waals surface area contributed by atoms with E-state index in [0.717, 1.165) is 37.1 Å². The predicted octanol–water partition coefficient (Wildman–Crippen LogP) is 2.74. The highest BCUT2D eigenvalue weighted by Crippen LogP contribution is 2.22. The number of aliphatic hydroxyl groups excluding tert-OH is 1. The number of amides is 2. The zero-order valence-corrected chi connectivity index (χ0v) is 15.1. The maximum Gasteiger partial charge on any atom is 0.243 e. The zero-order valence-electron chi connectivity index (χ0n) is 15.1. The Morgan fingerprint density at radius 1 is 1.32 bits per heavy atom. The second-order valence-electron chi connectivity index (χ2n) is 7.29. The largest absolute Gasteiger partial charge is 0.396 e. The molecule has 5 heteroatoms. The molecule has 25 heavy (non-hydrogen) atoms. The summed E-state index contributed by atoms with van der Waals surface area (Å²) in [6.45, 7) is 5.55. The molecule has 2 amide bonds. The van der Waals surface area contributed by atoms with Crippen molar-refractivity contribution in [2.24, 2.45) is 5.41 Å². The van der Waals surface area contributed by atoms with Crippen molar-refractivity contribution in [2.75, 3.05) is 24.6 Å². The van der Waals surface area contributed by atoms with Crippen molar-refractivity contribution in [1.82, 2.24) is 5.32 Å². The van der Waals surface area contributed by atoms with E-state index in [1.807, 2.05) is 38.1 Å². The van der Waals surface area contributed by atoms with Gasteiger partial charge in [-0.3, -0.25) is 9.59 Å². The van der Waals surface area contributed by atoms with Crippen LogP contribution in [0.3, 0.4) is 0 Å². The molecular formula is C20H28N2O3. The molecule has 0 saturated carbocycles. The number of anilines is 1. The summed E-state index contributed by atoms with van der Waals surface area (Å²) in [5.74, 6) is 0.0487. The number of carbonyl (C=O) groups excluding carboxylic acids is 2. The van der Waals surface area contributed by atoms with Gasteiger partial charge in [-0.2, -0.15) is 0 Å². The van der Waals surface area contributed by atoms with Gasteiger partial charge in [-0.15, -0.1) is 0 Å². The summed E-state index contributed by atoms with van der Waals surface area (Å²) < 4.78 is 0. The van der Waals surface area contributed by atoms with Crippen molar-refractivity contribution in [2.45, 2.75) is 39.5 Å². The third kappa shape index (κ3) is 6.02. The van der Waals surface area contributed by atoms with Gasteiger partial charge in [0.25, 0.3) is 0 Å². The maximum atomic E-state index is 11.8. The van der Waals surface area contributed by atoms with Crippen molar-refractivity contribution in [3.05, 3.63) is 35.9 Å². The van der Waals surface area contributed by atoms with E-state index < -0.39 is 0 Å². The molecule has 0 radical (unpaired) electrons. The third-order valence-electron chi connectivity index (χ3n) is 4.46. The van der Waals surface area contributed by atoms with Crippen molar-refractivity contribution in [3.8, 4) is 0 Å². The van der Waals surface area contributed by atoms with Crippen LogP contribution in [0, 0.1) is 5.41 Å². The van der Waals surface area contributed by atoms with Crippen molar-refractivity contribution in [1.29, 1.82) is 0 Å². The van der Waals surface area contributed by atoms with Crippen LogP contribution in [-0.2, 0) is 9.59 Å². The Labute approximate surface area is 149 Å². The fourth-order valence-electron chi connectivity index (χ4n) is 2.77. The van der Waals surface area contributed by atoms with Gasteiger partial charge in [0, 0.05) is 37.9 Å². The first-order chi connectivity index (χ1) is 11.9. The molecule has 0 bridgehead atoms. The smallest absolute Gasteiger partial charge is 0.243 e. The van der Waals surface area contributed by atoms with Crippen LogP contribution in [0.15, 0.2) is 30.3 Å². The molecule has 1 aliphatic rings. The summed E-state index contributed by atoms with van der Waals surface area (Å²) in [7, 11) is 0. The first kappa shape index (κ1) is 19.2. The van der Waals surface area contributed by atoms with Gasteiger partial charge >= 0.3 is 0 Å². The molecule has 0 aliphatic carbocycles. The van der Waals surface area contributed by atoms with Gasteiger partial charge in [0.15, 0.2) is 0 Å². The Kier molecular flexibility index (Phi) is 6.76. The minimum absolute atomic E-state index is 0.0982. The summed E-state index contributed by atoms with van der Waals surface area (Å²) in [6, 6.07) is 7.65. The number of benzene rings is 1. The van der Waals surface area contributed by atoms with Crippen LogP contribution in [0.4, 0.5) is 5.69 Å². The number of nitrogens with one attached hydrogen (secondary N) is 1. The first-order valence-corrected chi connectivity index (χ1v) is 8.88. The Morgan fingerprint density at radius 3 is 2.64 bits per heavy atom. The Hall–Kier alpha value is -2.14. The molecule has 1 aromatic rings. The first-order valence-electron chi connectivity index (χ1n) is 8.88. The zero-order chi connectivity index (χ0) is 18.3. The lowest BCUT2D eigenvalue weighted by Crippen LogP contribution is -2.24. The highest BCUT2D eigenvalue weighted by Gasteiger charge is 2.21. The highest BCUT2D eigenvalue weighted by molar-refractivity contribution is 5.95. The van der Waals surface area contributed by atoms with Crippen LogP contribution >= 0.6 is 0 Å². The standard InChI is InChI=1S/C20H28N2O3/c1-20(2,15-23)12-4-13-21-18(24)11-8-16-6-9-17(10-7-16)22-14-3-5-19(22)25/h6-11,23H,3-5,12-15H2,1-2H3,(H,21,24)/b11-8+. The summed E-state index contributed by atoms with van der Waals surface area (Å²) in [4.78, 5) is 25.4. The molecular weight excluding hydrogens is 316 g/mol. The lowest BCUT2D eigenvalue weighted by Gasteiger charge is -2.20. The molecule has 0 spiro atoms. The van der Waals surface area contributed by atoms with E-state index in [2.05, 4.69) is 5.32 Å². The molecule has 1 saturated heterocycles. The molecule has 5 nitrogen and oxygen atoms in total. The molecule has 1 aromatic carbocycles. The van der Waals surface area contributed by atoms with E-state index in [0.29, 0.717) is 13.0 Å². The van der Waals surface area contributed by atoms with E-state index in [1.165, 1.54) is 6.08 Å². The quantitative estimate of drug-likeness (QED) is 0.563. The second-order valence-corrected chi connectivity index (χ2v) is 7.29. The summed E-state index contributed by atoms with van der Waals surface area (Å²) in [5, 5.41) is 12.0. The molecule has 1 fully saturated rings. The molecule has 0 unspecified atom stereocenters. The normalized spacial score (nSPS) is 15.2. The van der Waals surface area contributed by atoms with Crippen LogP contribution in [0.5, 0.6) is 0 Å². The number of nitrogens with zero attached hydrogens (tertiary/aromatic N) is 1. The fourth-order valence-corrected chi connectivity index (χ4v) is 2.77. The topological polar surface area (TPSA) is 69.6 Å². The van der Waals surface area contributed by atoms with E-state index in [-0.39, 0.29) is 23.8 Å². The van der Waals surface area contributed by atoms with Gasteiger partial charge in [-0.25, -0.2) is 0 Å². The van der Waals surface area contributed by atoms with Crippen molar-refractivity contribution in [3.63, 3.8) is 0 Å². The lowest BCUT2D eigenvalue weighted by molar-refractivity contribution is -0.117. The van der Waals surface area contributed by atoms with Crippen molar-refractivity contribution < 1.29 is 14.7 Å². The second kappa shape index (κ2) is 8.81. The summed E-state index contributed by atoms with van der Waals surface area (Å²) in [5.41, 5.74) is 1.74. The SMILES string of the molecule is CC(C)(CO)CCCNC(=O)/C=C/c1ccc(N2CCCC2=O)cc1. The van der Waals surface area contributed by atoms with Crippen LogP contribution in [0.25, 0.3) is 6.08 Å². The highest BCUT2D eigenvalue weighted by atomic mass is 16.3. The number of hydrogen-bond acceptors (Lipinski definition) is 3. The summed E-state index contributed by atoms with van der Waals surface area (Å²) in [6.07, 6.45) is 6.53. The number of carbonyl (C=O) groups is 2. The Bertz CT molecular complexity index is 620. The van der Waals surface area contributed by atoms with Gasteiger partial charge in [-0.05, 0) is 48.4 Å². The van der Waals surface area contributed by atoms with E-state index in [4.69, 9.17) is 0 Å². The summed E-state index contributed by atoms with van der Waals surface area (Å²) >= 11 is 0. The van der Waals surface area contributed by atoms with Crippen LogP contribution in [0.1, 0.15) is 45.1 Å². The number of hydrogen-bond donors (Lipinski definition) is 2. The minimum Gasteiger partial charge on any atom is -0.396 e. The molecule has 1 aliphatic heterocycles. The lowest BCUT2D eigenvalue weighted by atomic mass is 9.89. The van der Waals surface area contributed by atoms with Gasteiger partial charge in [0.2, 0.25) is 11.8 Å². The van der Waals surface area contributed by atoms with Gasteiger partial charge in [0.05, 0.1) is 0 Å². The minimum atomic E-state index is -0.124.